The molecule has 2 aliphatic carbocycles. The fourth-order valence-corrected chi connectivity index (χ4v) is 23.2. The van der Waals surface area contributed by atoms with Crippen LogP contribution in [0.3, 0.4) is 0 Å². The smallest absolute Gasteiger partial charge is 0.147 e. The van der Waals surface area contributed by atoms with E-state index in [1.165, 1.54) is 45.5 Å². The second-order valence-corrected chi connectivity index (χ2v) is 51.9. The van der Waals surface area contributed by atoms with Crippen molar-refractivity contribution in [2.45, 2.75) is 36.0 Å². The Morgan fingerprint density at radius 2 is 1.10 bits per heavy atom. The molecule has 2 aromatic rings. The maximum atomic E-state index is 2.69. The average Bonchev–Trinajstić information content (AvgIpc) is 3.32. The molecule has 0 amide bonds. The maximum Gasteiger partial charge on any atom is -0.147 e. The normalized spacial score (nSPS) is 16.0. The van der Waals surface area contributed by atoms with Crippen molar-refractivity contribution in [3.63, 3.8) is 0 Å². The van der Waals surface area contributed by atoms with Crippen molar-refractivity contribution in [3.8, 4) is 0 Å². The van der Waals surface area contributed by atoms with Crippen LogP contribution in [-0.4, -0.2) is 12.1 Å². The van der Waals surface area contributed by atoms with E-state index < -0.39 is 15.7 Å². The first-order valence-corrected chi connectivity index (χ1v) is 28.2. The number of halogens is 2. The van der Waals surface area contributed by atoms with Gasteiger partial charge in [0.05, 0.1) is 0 Å². The fourth-order valence-electron chi connectivity index (χ4n) is 4.88. The molecule has 0 aromatic heterocycles. The largest absolute Gasteiger partial charge is 0.147 e. The van der Waals surface area contributed by atoms with Crippen LogP contribution in [0.2, 0.25) is 9.26 Å². The first-order chi connectivity index (χ1) is 13.2. The maximum absolute atomic E-state index is 3.18. The molecule has 158 valence electrons. The average molecular weight is 579 g/mol. The van der Waals surface area contributed by atoms with Crippen molar-refractivity contribution in [3.05, 3.63) is 102 Å². The van der Waals surface area contributed by atoms with Crippen molar-refractivity contribution in [1.82, 2.24) is 0 Å². The monoisotopic (exact) mass is 578 g/mol. The molecule has 0 nitrogen and oxygen atoms in total. The van der Waals surface area contributed by atoms with E-state index in [1.54, 1.807) is 6.56 Å². The van der Waals surface area contributed by atoms with Crippen LogP contribution in [0.15, 0.2) is 79.4 Å². The molecule has 0 aliphatic heterocycles. The van der Waals surface area contributed by atoms with Crippen molar-refractivity contribution < 1.29 is 15.7 Å². The molecule has 0 spiro atoms. The zero-order chi connectivity index (χ0) is 20.0. The Balaban J connectivity index is 0.00000160. The Kier molecular flexibility index (Phi) is 8.12. The van der Waals surface area contributed by atoms with Gasteiger partial charge in [-0.3, -0.25) is 0 Å². The summed E-state index contributed by atoms with van der Waals surface area (Å²) in [6.45, 7) is 4.40. The van der Waals surface area contributed by atoms with Crippen LogP contribution in [0.4, 0.5) is 0 Å². The van der Waals surface area contributed by atoms with Gasteiger partial charge in [-0.15, -0.1) is 24.8 Å². The second-order valence-electron chi connectivity index (χ2n) is 9.42. The van der Waals surface area contributed by atoms with Crippen LogP contribution in [-0.2, 0) is 15.7 Å². The summed E-state index contributed by atoms with van der Waals surface area (Å²) in [6, 6.07) is 18.1. The number of hydrogen-bond acceptors (Lipinski definition) is 0. The first-order valence-electron chi connectivity index (χ1n) is 10.3. The van der Waals surface area contributed by atoms with Crippen LogP contribution in [0.5, 0.6) is 0 Å². The van der Waals surface area contributed by atoms with Gasteiger partial charge in [-0.1, -0.05) is 0 Å². The molecule has 4 rings (SSSR count). The fraction of sp³-hybridized carbons (Fsp3) is 0.231. The molecule has 0 saturated carbocycles. The summed E-state index contributed by atoms with van der Waals surface area (Å²) in [4.78, 5) is 0. The molecule has 0 unspecified atom stereocenters. The third-order valence-corrected chi connectivity index (χ3v) is 28.9. The summed E-state index contributed by atoms with van der Waals surface area (Å²) < 4.78 is 8.96. The van der Waals surface area contributed by atoms with E-state index in [9.17, 15) is 0 Å². The van der Waals surface area contributed by atoms with Crippen molar-refractivity contribution in [2.24, 2.45) is 0 Å². The Bertz CT molecular complexity index is 1070. The number of benzene rings is 2. The van der Waals surface area contributed by atoms with E-state index in [-0.39, 0.29) is 24.8 Å². The first kappa shape index (κ1) is 25.7. The van der Waals surface area contributed by atoms with Gasteiger partial charge in [-0.2, -0.15) is 0 Å². The molecule has 2 aliphatic rings. The standard InChI is InChI=1S/2C12H11.2CH3.2ClH.GeH2.Zr/c2*1-10-5-4-8-12(9-10)11-6-2-3-7-11;;;;;;/h2*2,4-6,8-9H,3H2,1H3;2*1H3;2*1H;1H2;. The van der Waals surface area contributed by atoms with E-state index in [0.29, 0.717) is 0 Å². The van der Waals surface area contributed by atoms with Gasteiger partial charge in [0.25, 0.3) is 0 Å². The van der Waals surface area contributed by atoms with E-state index in [2.05, 4.69) is 95.9 Å². The zero-order valence-corrected chi connectivity index (χ0v) is 25.4. The van der Waals surface area contributed by atoms with E-state index >= 15 is 0 Å². The second kappa shape index (κ2) is 9.49. The van der Waals surface area contributed by atoms with Crippen LogP contribution in [0.25, 0.3) is 11.1 Å². The van der Waals surface area contributed by atoms with Gasteiger partial charge in [0.1, 0.15) is 0 Å². The predicted molar refractivity (Wildman–Crippen MR) is 138 cm³/mol. The van der Waals surface area contributed by atoms with Gasteiger partial charge in [0.2, 0.25) is 0 Å². The van der Waals surface area contributed by atoms with Gasteiger partial charge in [0.15, 0.2) is 0 Å². The van der Waals surface area contributed by atoms with Gasteiger partial charge in [0, 0.05) is 0 Å². The van der Waals surface area contributed by atoms with Crippen molar-refractivity contribution in [2.75, 3.05) is 0 Å². The Morgan fingerprint density at radius 1 is 0.700 bits per heavy atom. The summed E-state index contributed by atoms with van der Waals surface area (Å²) >= 11 is -1.77. The van der Waals surface area contributed by atoms with Gasteiger partial charge >= 0.3 is 177 Å². The predicted octanol–water partition coefficient (Wildman–Crippen LogP) is 7.52. The third kappa shape index (κ3) is 4.75. The Labute approximate surface area is 199 Å². The summed E-state index contributed by atoms with van der Waals surface area (Å²) in [6.07, 6.45) is 11.9. The minimum absolute atomic E-state index is 0. The van der Waals surface area contributed by atoms with Crippen molar-refractivity contribution in [1.29, 1.82) is 0 Å². The minimum Gasteiger partial charge on any atom is -0.147 e. The molecule has 0 N–H and O–H groups in total. The quantitative estimate of drug-likeness (QED) is 0.329. The molecule has 0 atom stereocenters. The third-order valence-electron chi connectivity index (χ3n) is 6.46. The Hall–Kier alpha value is -0.594. The van der Waals surface area contributed by atoms with Gasteiger partial charge < -0.3 is 0 Å². The number of aryl methyl sites for hydroxylation is 2. The zero-order valence-electron chi connectivity index (χ0n) is 18.4. The van der Waals surface area contributed by atoms with Crippen LogP contribution in [0.1, 0.15) is 35.1 Å². The number of hydrogen-bond donors (Lipinski definition) is 0. The molecule has 0 bridgehead atoms. The van der Waals surface area contributed by atoms with Gasteiger partial charge in [-0.25, -0.2) is 0 Å². The molecule has 0 fully saturated rings. The summed E-state index contributed by atoms with van der Waals surface area (Å²) in [5, 5.41) is 0. The van der Waals surface area contributed by atoms with E-state index in [0.717, 1.165) is 12.8 Å². The Morgan fingerprint density at radius 3 is 1.47 bits per heavy atom. The summed E-state index contributed by atoms with van der Waals surface area (Å²) in [5.74, 6) is 0. The molecule has 30 heavy (non-hydrogen) atoms. The van der Waals surface area contributed by atoms with Crippen molar-refractivity contribution >= 4 is 48.1 Å². The van der Waals surface area contributed by atoms with Crippen LogP contribution < -0.4 is 0 Å². The molecule has 0 radical (unpaired) electrons. The molecular formula is C26H32Cl2GeZr. The molecule has 0 heterocycles. The molecule has 4 heteroatoms. The molecule has 0 saturated heterocycles. The molecule has 2 aromatic carbocycles. The van der Waals surface area contributed by atoms with E-state index in [4.69, 9.17) is 0 Å². The topological polar surface area (TPSA) is 0 Å². The number of allylic oxidation sites excluding steroid dienone is 8. The summed E-state index contributed by atoms with van der Waals surface area (Å²) in [7, 11) is 0. The van der Waals surface area contributed by atoms with Crippen LogP contribution >= 0.6 is 24.8 Å². The number of rotatable bonds is 4. The summed E-state index contributed by atoms with van der Waals surface area (Å²) in [5.41, 5.74) is 8.55. The SMILES string of the molecule is Cc1cccc(C2=[C]([Zr]([CH3])([CH3])(=[GeH2])[C]3=C(c4cccc(C)c4)C=CC3)CC=C2)c1.Cl.Cl. The van der Waals surface area contributed by atoms with Gasteiger partial charge in [-0.05, 0) is 0 Å². The van der Waals surface area contributed by atoms with E-state index in [1.807, 2.05) is 0 Å². The molecular weight excluding hydrogens is 547 g/mol. The van der Waals surface area contributed by atoms with Crippen LogP contribution in [0, 0.1) is 13.8 Å². The minimum atomic E-state index is -3.18.